The summed E-state index contributed by atoms with van der Waals surface area (Å²) in [7, 11) is 0. The maximum Gasteiger partial charge on any atom is 0.211 e. The topological polar surface area (TPSA) is 78.9 Å². The largest absolute Gasteiger partial charge is 0.288 e. The molecule has 4 nitrogen and oxygen atoms in total. The molecular formula is C7H5FN3O+. The van der Waals surface area contributed by atoms with Crippen molar-refractivity contribution in [3.63, 3.8) is 0 Å². The molecule has 2 aliphatic carbocycles. The normalized spacial score (nSPS) is 10.6. The van der Waals surface area contributed by atoms with Crippen LogP contribution < -0.4 is 4.91 Å². The van der Waals surface area contributed by atoms with Crippen LogP contribution in [0.15, 0.2) is 18.2 Å². The Bertz CT molecular complexity index is 365. The van der Waals surface area contributed by atoms with Crippen molar-refractivity contribution >= 4 is 5.78 Å². The highest BCUT2D eigenvalue weighted by atomic mass is 19.1. The third-order valence-electron chi connectivity index (χ3n) is 1.47. The average Bonchev–Trinajstić information content (AvgIpc) is 2.04. The number of halogens is 1. The van der Waals surface area contributed by atoms with Crippen molar-refractivity contribution in [2.24, 2.45) is 0 Å². The van der Waals surface area contributed by atoms with E-state index in [9.17, 15) is 9.18 Å². The third kappa shape index (κ3) is 1.13. The first-order valence-electron chi connectivity index (χ1n) is 3.08. The number of carbonyl (C=O) groups excluding carboxylic acids is 1. The Kier molecular flexibility index (Phi) is 2.07. The van der Waals surface area contributed by atoms with Crippen molar-refractivity contribution in [2.45, 2.75) is 0 Å². The van der Waals surface area contributed by atoms with Gasteiger partial charge in [0.15, 0.2) is 5.78 Å². The molecule has 5 heteroatoms. The van der Waals surface area contributed by atoms with Gasteiger partial charge in [0, 0.05) is 5.56 Å². The predicted molar refractivity (Wildman–Crippen MR) is 37.4 cm³/mol. The molecule has 1 aromatic rings. The molecule has 3 rings (SSSR count). The van der Waals surface area contributed by atoms with Crippen molar-refractivity contribution in [3.8, 4) is 0 Å². The van der Waals surface area contributed by atoms with Crippen molar-refractivity contribution < 1.29 is 9.18 Å². The highest BCUT2D eigenvalue weighted by Crippen LogP contribution is 2.23. The molecule has 0 spiro atoms. The zero-order valence-electron chi connectivity index (χ0n) is 5.97. The van der Waals surface area contributed by atoms with Gasteiger partial charge in [-0.25, -0.2) is 4.39 Å². The zero-order chi connectivity index (χ0) is 9.14. The summed E-state index contributed by atoms with van der Waals surface area (Å²) in [5, 5.41) is 0. The molecule has 0 radical (unpaired) electrons. The van der Waals surface area contributed by atoms with Crippen LogP contribution in [-0.4, -0.2) is 5.78 Å². The summed E-state index contributed by atoms with van der Waals surface area (Å²) in [6.45, 7) is 0. The Morgan fingerprint density at radius 1 is 1.33 bits per heavy atom. The fourth-order valence-electron chi connectivity index (χ4n) is 0.918. The molecule has 2 aliphatic rings. The van der Waals surface area contributed by atoms with Gasteiger partial charge in [-0.3, -0.25) is 4.79 Å². The molecule has 0 atom stereocenters. The molecule has 0 aromatic heterocycles. The van der Waals surface area contributed by atoms with E-state index in [4.69, 9.17) is 11.1 Å². The van der Waals surface area contributed by atoms with Gasteiger partial charge in [0.2, 0.25) is 4.91 Å². The third-order valence-corrected chi connectivity index (χ3v) is 1.47. The molecule has 1 aromatic carbocycles. The molecule has 2 N–H and O–H groups in total. The van der Waals surface area contributed by atoms with Crippen molar-refractivity contribution in [2.75, 3.05) is 0 Å². The first kappa shape index (κ1) is 8.23. The van der Waals surface area contributed by atoms with Crippen LogP contribution in [0.25, 0.3) is 0 Å². The van der Waals surface area contributed by atoms with Crippen LogP contribution in [0.3, 0.4) is 0 Å². The van der Waals surface area contributed by atoms with Gasteiger partial charge in [0.25, 0.3) is 0 Å². The minimum atomic E-state index is -0.407. The molecule has 0 heterocycles. The molecule has 60 valence electrons. The smallest absolute Gasteiger partial charge is 0.211 e. The lowest BCUT2D eigenvalue weighted by molar-refractivity contribution is 0.102. The monoisotopic (exact) mass is 166 g/mol. The highest BCUT2D eigenvalue weighted by Gasteiger charge is 2.23. The van der Waals surface area contributed by atoms with Crippen LogP contribution in [0.1, 0.15) is 15.9 Å². The van der Waals surface area contributed by atoms with Crippen LogP contribution in [0.2, 0.25) is 0 Å². The molecular weight excluding hydrogens is 161 g/mol. The SMILES string of the molecule is N=[N+]=N.O=C1c2ccc(F)c1c2. The van der Waals surface area contributed by atoms with Crippen LogP contribution >= 0.6 is 0 Å². The fourth-order valence-corrected chi connectivity index (χ4v) is 0.918. The van der Waals surface area contributed by atoms with Gasteiger partial charge >= 0.3 is 0 Å². The molecule has 0 fully saturated rings. The van der Waals surface area contributed by atoms with E-state index in [1.165, 1.54) is 12.1 Å². The van der Waals surface area contributed by atoms with E-state index in [2.05, 4.69) is 0 Å². The lowest BCUT2D eigenvalue weighted by Gasteiger charge is -2.12. The van der Waals surface area contributed by atoms with Gasteiger partial charge in [-0.2, -0.15) is 0 Å². The zero-order valence-corrected chi connectivity index (χ0v) is 5.97. The number of rotatable bonds is 0. The number of ketones is 1. The minimum Gasteiger partial charge on any atom is -0.288 e. The molecule has 0 aliphatic heterocycles. The number of hydrogen-bond donors (Lipinski definition) is 2. The first-order chi connectivity index (χ1) is 5.70. The second-order valence-electron chi connectivity index (χ2n) is 2.14. The van der Waals surface area contributed by atoms with Gasteiger partial charge in [0.05, 0.1) is 5.56 Å². The lowest BCUT2D eigenvalue weighted by Crippen LogP contribution is -2.14. The van der Waals surface area contributed by atoms with Crippen molar-refractivity contribution in [1.82, 2.24) is 4.91 Å². The lowest BCUT2D eigenvalue weighted by atomic mass is 9.91. The number of nitrogens with zero attached hydrogens (tertiary/aromatic N) is 1. The van der Waals surface area contributed by atoms with E-state index in [1.54, 1.807) is 6.07 Å². The summed E-state index contributed by atoms with van der Waals surface area (Å²) in [6, 6.07) is 4.36. The maximum absolute atomic E-state index is 12.4. The summed E-state index contributed by atoms with van der Waals surface area (Å²) in [6.07, 6.45) is 0. The summed E-state index contributed by atoms with van der Waals surface area (Å²) >= 11 is 0. The molecule has 0 amide bonds. The Balaban J connectivity index is 0.000000213. The predicted octanol–water partition coefficient (Wildman–Crippen LogP) is 1.49. The molecule has 0 saturated heterocycles. The molecule has 2 bridgehead atoms. The second kappa shape index (κ2) is 3.02. The van der Waals surface area contributed by atoms with Gasteiger partial charge < -0.3 is 0 Å². The Hall–Kier alpha value is -1.87. The van der Waals surface area contributed by atoms with E-state index in [-0.39, 0.29) is 11.3 Å². The molecule has 12 heavy (non-hydrogen) atoms. The average molecular weight is 166 g/mol. The van der Waals surface area contributed by atoms with Gasteiger partial charge in [-0.15, -0.1) is 0 Å². The van der Waals surface area contributed by atoms with E-state index in [0.29, 0.717) is 5.56 Å². The molecule has 0 unspecified atom stereocenters. The van der Waals surface area contributed by atoms with Crippen LogP contribution in [0.5, 0.6) is 0 Å². The summed E-state index contributed by atoms with van der Waals surface area (Å²) in [5.41, 5.74) is 11.8. The number of benzene rings is 1. The fraction of sp³-hybridized carbons (Fsp3) is 0. The van der Waals surface area contributed by atoms with E-state index in [0.717, 1.165) is 0 Å². The number of fused-ring (bicyclic) bond motifs is 2. The minimum absolute atomic E-state index is 0.157. The standard InChI is InChI=1S/C7H3FO.H2N3/c8-6-2-1-4-3-5(6)7(4)9;1-3-2/h1-3H;1-2H/q;+1. The quantitative estimate of drug-likeness (QED) is 0.451. The summed E-state index contributed by atoms with van der Waals surface area (Å²) in [4.78, 5) is 12.6. The Morgan fingerprint density at radius 2 is 1.92 bits per heavy atom. The van der Waals surface area contributed by atoms with Gasteiger partial charge in [0.1, 0.15) is 16.9 Å². The maximum atomic E-state index is 12.4. The molecule has 0 saturated carbocycles. The van der Waals surface area contributed by atoms with E-state index >= 15 is 0 Å². The summed E-state index contributed by atoms with van der Waals surface area (Å²) in [5.74, 6) is -0.565. The highest BCUT2D eigenvalue weighted by molar-refractivity contribution is 6.16. The van der Waals surface area contributed by atoms with E-state index < -0.39 is 5.82 Å². The van der Waals surface area contributed by atoms with E-state index in [1.807, 2.05) is 4.91 Å². The van der Waals surface area contributed by atoms with Crippen molar-refractivity contribution in [3.05, 3.63) is 35.1 Å². The van der Waals surface area contributed by atoms with Crippen molar-refractivity contribution in [1.29, 1.82) is 11.1 Å². The second-order valence-corrected chi connectivity index (χ2v) is 2.14. The summed E-state index contributed by atoms with van der Waals surface area (Å²) < 4.78 is 12.4. The Morgan fingerprint density at radius 3 is 2.17 bits per heavy atom. The number of nitrogens with one attached hydrogen (secondary N) is 2. The van der Waals surface area contributed by atoms with Crippen LogP contribution in [0.4, 0.5) is 4.39 Å². The number of hydrogen-bond acceptors (Lipinski definition) is 3. The van der Waals surface area contributed by atoms with Crippen LogP contribution in [-0.2, 0) is 0 Å². The number of carbonyl (C=O) groups is 1. The Labute approximate surface area is 67.0 Å². The van der Waals surface area contributed by atoms with Crippen LogP contribution in [0, 0.1) is 16.9 Å². The van der Waals surface area contributed by atoms with Gasteiger partial charge in [-0.05, 0) is 18.2 Å². The first-order valence-corrected chi connectivity index (χ1v) is 3.08. The van der Waals surface area contributed by atoms with Gasteiger partial charge in [-0.1, -0.05) is 0 Å².